The summed E-state index contributed by atoms with van der Waals surface area (Å²) in [5, 5.41) is 3.78. The molecule has 0 aliphatic heterocycles. The van der Waals surface area contributed by atoms with E-state index in [-0.39, 0.29) is 12.3 Å². The van der Waals surface area contributed by atoms with E-state index in [1.807, 2.05) is 50.2 Å². The molecule has 140 valence electrons. The number of hydrogen-bond acceptors (Lipinski definition) is 4. The van der Waals surface area contributed by atoms with Gasteiger partial charge in [-0.05, 0) is 49.1 Å². The molecule has 3 rings (SSSR count). The highest BCUT2D eigenvalue weighted by molar-refractivity contribution is 5.91. The fraction of sp³-hybridized carbons (Fsp3) is 0.273. The number of aryl methyl sites for hydroxylation is 2. The Labute approximate surface area is 158 Å². The Morgan fingerprint density at radius 1 is 1.19 bits per heavy atom. The molecule has 1 heterocycles. The fourth-order valence-corrected chi connectivity index (χ4v) is 3.19. The van der Waals surface area contributed by atoms with Gasteiger partial charge < -0.3 is 14.5 Å². The van der Waals surface area contributed by atoms with E-state index in [1.165, 1.54) is 0 Å². The second kappa shape index (κ2) is 8.08. The Hall–Kier alpha value is -3.08. The molecule has 5 nitrogen and oxygen atoms in total. The molecule has 0 atom stereocenters. The number of carbonyl (C=O) groups excluding carboxylic acids is 1. The Balaban J connectivity index is 1.78. The number of ether oxygens (including phenoxy) is 1. The van der Waals surface area contributed by atoms with Crippen LogP contribution in [0.3, 0.4) is 0 Å². The van der Waals surface area contributed by atoms with Crippen LogP contribution >= 0.6 is 0 Å². The Morgan fingerprint density at radius 2 is 1.96 bits per heavy atom. The Bertz CT molecular complexity index is 1040. The number of carbonyl (C=O) groups is 1. The van der Waals surface area contributed by atoms with Crippen LogP contribution in [0.25, 0.3) is 11.0 Å². The van der Waals surface area contributed by atoms with Crippen LogP contribution in [0.2, 0.25) is 0 Å². The average molecular weight is 365 g/mol. The van der Waals surface area contributed by atoms with Crippen LogP contribution < -0.4 is 15.7 Å². The minimum absolute atomic E-state index is 0.121. The van der Waals surface area contributed by atoms with Crippen LogP contribution in [0.1, 0.15) is 30.0 Å². The molecule has 0 fully saturated rings. The molecule has 0 aliphatic rings. The van der Waals surface area contributed by atoms with Crippen molar-refractivity contribution in [2.45, 2.75) is 33.1 Å². The highest BCUT2D eigenvalue weighted by atomic mass is 16.5. The van der Waals surface area contributed by atoms with Crippen molar-refractivity contribution in [2.75, 3.05) is 12.4 Å². The van der Waals surface area contributed by atoms with Crippen molar-refractivity contribution in [2.24, 2.45) is 0 Å². The largest absolute Gasteiger partial charge is 0.497 e. The van der Waals surface area contributed by atoms with Crippen LogP contribution in [-0.2, 0) is 17.6 Å². The van der Waals surface area contributed by atoms with Gasteiger partial charge in [0.15, 0.2) is 0 Å². The standard InChI is InChI=1S/C22H23NO4/c1-4-15-7-5-6-8-19(15)23-21(24)12-11-18-14(2)17-10-9-16(26-3)13-20(17)27-22(18)25/h5-10,13H,4,11-12H2,1-3H3,(H,23,24). The predicted molar refractivity (Wildman–Crippen MR) is 107 cm³/mol. The number of rotatable bonds is 6. The topological polar surface area (TPSA) is 68.5 Å². The summed E-state index contributed by atoms with van der Waals surface area (Å²) in [5.41, 5.74) is 3.36. The van der Waals surface area contributed by atoms with Gasteiger partial charge in [-0.15, -0.1) is 0 Å². The van der Waals surface area contributed by atoms with Crippen molar-refractivity contribution in [3.05, 3.63) is 69.6 Å². The summed E-state index contributed by atoms with van der Waals surface area (Å²) in [7, 11) is 1.57. The molecule has 0 saturated heterocycles. The second-order valence-electron chi connectivity index (χ2n) is 6.41. The van der Waals surface area contributed by atoms with Gasteiger partial charge in [0.2, 0.25) is 5.91 Å². The average Bonchev–Trinajstić information content (AvgIpc) is 2.67. The molecule has 0 radical (unpaired) electrons. The Kier molecular flexibility index (Phi) is 5.60. The first-order chi connectivity index (χ1) is 13.0. The van der Waals surface area contributed by atoms with E-state index in [4.69, 9.17) is 9.15 Å². The highest BCUT2D eigenvalue weighted by Gasteiger charge is 2.14. The van der Waals surface area contributed by atoms with E-state index in [0.29, 0.717) is 23.3 Å². The summed E-state index contributed by atoms with van der Waals surface area (Å²) in [6.45, 7) is 3.93. The van der Waals surface area contributed by atoms with Crippen molar-refractivity contribution in [3.8, 4) is 5.75 Å². The molecule has 1 N–H and O–H groups in total. The van der Waals surface area contributed by atoms with Gasteiger partial charge in [0.1, 0.15) is 11.3 Å². The van der Waals surface area contributed by atoms with Gasteiger partial charge in [0.25, 0.3) is 0 Å². The maximum absolute atomic E-state index is 12.4. The molecule has 2 aromatic carbocycles. The van der Waals surface area contributed by atoms with E-state index in [2.05, 4.69) is 5.32 Å². The van der Waals surface area contributed by atoms with E-state index in [1.54, 1.807) is 13.2 Å². The monoisotopic (exact) mass is 365 g/mol. The lowest BCUT2D eigenvalue weighted by molar-refractivity contribution is -0.116. The summed E-state index contributed by atoms with van der Waals surface area (Å²) in [5.74, 6) is 0.510. The third-order valence-electron chi connectivity index (χ3n) is 4.77. The van der Waals surface area contributed by atoms with E-state index >= 15 is 0 Å². The molecule has 0 unspecified atom stereocenters. The number of benzene rings is 2. The molecule has 0 spiro atoms. The van der Waals surface area contributed by atoms with Crippen LogP contribution in [0.5, 0.6) is 5.75 Å². The van der Waals surface area contributed by atoms with Crippen molar-refractivity contribution >= 4 is 22.6 Å². The molecule has 27 heavy (non-hydrogen) atoms. The number of fused-ring (bicyclic) bond motifs is 1. The van der Waals surface area contributed by atoms with Gasteiger partial charge in [0, 0.05) is 29.1 Å². The number of anilines is 1. The maximum atomic E-state index is 12.4. The molecular formula is C22H23NO4. The first-order valence-electron chi connectivity index (χ1n) is 9.01. The zero-order valence-corrected chi connectivity index (χ0v) is 15.8. The SMILES string of the molecule is CCc1ccccc1NC(=O)CCc1c(C)c2ccc(OC)cc2oc1=O. The predicted octanol–water partition coefficient (Wildman–Crippen LogP) is 4.24. The van der Waals surface area contributed by atoms with Crippen LogP contribution in [0.4, 0.5) is 5.69 Å². The van der Waals surface area contributed by atoms with E-state index in [9.17, 15) is 9.59 Å². The van der Waals surface area contributed by atoms with Crippen LogP contribution in [0, 0.1) is 6.92 Å². The second-order valence-corrected chi connectivity index (χ2v) is 6.41. The van der Waals surface area contributed by atoms with Crippen molar-refractivity contribution in [1.29, 1.82) is 0 Å². The normalized spacial score (nSPS) is 10.8. The highest BCUT2D eigenvalue weighted by Crippen LogP contribution is 2.24. The van der Waals surface area contributed by atoms with E-state index in [0.717, 1.165) is 28.6 Å². The number of amides is 1. The van der Waals surface area contributed by atoms with Gasteiger partial charge in [-0.2, -0.15) is 0 Å². The molecule has 0 aliphatic carbocycles. The minimum Gasteiger partial charge on any atom is -0.497 e. The Morgan fingerprint density at radius 3 is 2.70 bits per heavy atom. The molecular weight excluding hydrogens is 342 g/mol. The van der Waals surface area contributed by atoms with Crippen LogP contribution in [0.15, 0.2) is 51.7 Å². The van der Waals surface area contributed by atoms with Crippen LogP contribution in [-0.4, -0.2) is 13.0 Å². The number of hydrogen-bond donors (Lipinski definition) is 1. The van der Waals surface area contributed by atoms with Crippen molar-refractivity contribution < 1.29 is 13.9 Å². The first-order valence-corrected chi connectivity index (χ1v) is 9.01. The molecule has 0 bridgehead atoms. The lowest BCUT2D eigenvalue weighted by Gasteiger charge is -2.11. The molecule has 3 aromatic rings. The van der Waals surface area contributed by atoms with Crippen molar-refractivity contribution in [3.63, 3.8) is 0 Å². The maximum Gasteiger partial charge on any atom is 0.339 e. The van der Waals surface area contributed by atoms with Crippen molar-refractivity contribution in [1.82, 2.24) is 0 Å². The molecule has 1 amide bonds. The number of para-hydroxylation sites is 1. The molecule has 5 heteroatoms. The quantitative estimate of drug-likeness (QED) is 0.663. The first kappa shape index (κ1) is 18.7. The van der Waals surface area contributed by atoms with Gasteiger partial charge in [-0.3, -0.25) is 4.79 Å². The number of nitrogens with one attached hydrogen (secondary N) is 1. The summed E-state index contributed by atoms with van der Waals surface area (Å²) in [6.07, 6.45) is 1.38. The summed E-state index contributed by atoms with van der Waals surface area (Å²) in [6, 6.07) is 13.1. The van der Waals surface area contributed by atoms with Gasteiger partial charge in [-0.1, -0.05) is 25.1 Å². The zero-order chi connectivity index (χ0) is 19.4. The van der Waals surface area contributed by atoms with Gasteiger partial charge in [0.05, 0.1) is 7.11 Å². The third-order valence-corrected chi connectivity index (χ3v) is 4.77. The summed E-state index contributed by atoms with van der Waals surface area (Å²) in [4.78, 5) is 24.7. The fourth-order valence-electron chi connectivity index (χ4n) is 3.19. The smallest absolute Gasteiger partial charge is 0.339 e. The lowest BCUT2D eigenvalue weighted by atomic mass is 10.0. The van der Waals surface area contributed by atoms with E-state index < -0.39 is 5.63 Å². The summed E-state index contributed by atoms with van der Waals surface area (Å²) >= 11 is 0. The molecule has 1 aromatic heterocycles. The third kappa shape index (κ3) is 4.03. The van der Waals surface area contributed by atoms with Gasteiger partial charge >= 0.3 is 5.63 Å². The lowest BCUT2D eigenvalue weighted by Crippen LogP contribution is -2.17. The van der Waals surface area contributed by atoms with Gasteiger partial charge in [-0.25, -0.2) is 4.79 Å². The molecule has 0 saturated carbocycles. The zero-order valence-electron chi connectivity index (χ0n) is 15.8. The minimum atomic E-state index is -0.407. The summed E-state index contributed by atoms with van der Waals surface area (Å²) < 4.78 is 10.6. The number of methoxy groups -OCH3 is 1.